The second-order valence-electron chi connectivity index (χ2n) is 3.62. The Kier molecular flexibility index (Phi) is 6.83. The first-order chi connectivity index (χ1) is 9.00. The standard InChI is InChI=1S/C9H12N2O4S.H3O3P/c1-11(2)16(14,15)6-3-4-8(10)7(5-6)9(12)13;1-4(2)3/h3-5H,10H2,1-2H3,(H,12,13);4H,(H2,1,2,3). The van der Waals surface area contributed by atoms with Gasteiger partial charge < -0.3 is 20.6 Å². The van der Waals surface area contributed by atoms with Gasteiger partial charge >= 0.3 is 14.2 Å². The molecule has 0 fully saturated rings. The first kappa shape index (κ1) is 18.6. The molecule has 11 heteroatoms. The van der Waals surface area contributed by atoms with E-state index in [1.54, 1.807) is 0 Å². The molecule has 0 aromatic heterocycles. The molecule has 114 valence electrons. The lowest BCUT2D eigenvalue weighted by Gasteiger charge is -2.12. The summed E-state index contributed by atoms with van der Waals surface area (Å²) in [6.45, 7) is 0. The van der Waals surface area contributed by atoms with E-state index < -0.39 is 24.2 Å². The summed E-state index contributed by atoms with van der Waals surface area (Å²) < 4.78 is 33.2. The van der Waals surface area contributed by atoms with E-state index in [9.17, 15) is 13.2 Å². The number of nitrogens with zero attached hydrogens (tertiary/aromatic N) is 1. The Morgan fingerprint density at radius 2 is 1.75 bits per heavy atom. The number of hydrogen-bond donors (Lipinski definition) is 4. The van der Waals surface area contributed by atoms with Gasteiger partial charge in [-0.15, -0.1) is 0 Å². The molecule has 0 aliphatic rings. The van der Waals surface area contributed by atoms with Crippen molar-refractivity contribution in [1.29, 1.82) is 0 Å². The summed E-state index contributed by atoms with van der Waals surface area (Å²) in [5.41, 5.74) is 5.23. The second kappa shape index (κ2) is 7.36. The number of carboxylic acid groups (broad SMARTS) is 1. The summed E-state index contributed by atoms with van der Waals surface area (Å²) in [7, 11) is -4.03. The smallest absolute Gasteiger partial charge is 0.337 e. The average Bonchev–Trinajstić information content (AvgIpc) is 2.27. The SMILES string of the molecule is CN(C)S(=O)(=O)c1ccc(N)c(C(=O)O)c1.O=[PH](O)O. The molecule has 5 N–H and O–H groups in total. The molecule has 1 rings (SSSR count). The summed E-state index contributed by atoms with van der Waals surface area (Å²) in [4.78, 5) is 25.0. The zero-order chi connectivity index (χ0) is 16.1. The average molecular weight is 326 g/mol. The van der Waals surface area contributed by atoms with E-state index in [0.717, 1.165) is 10.4 Å². The first-order valence-electron chi connectivity index (χ1n) is 4.97. The van der Waals surface area contributed by atoms with Crippen LogP contribution in [0.4, 0.5) is 5.69 Å². The van der Waals surface area contributed by atoms with E-state index in [1.807, 2.05) is 0 Å². The molecule has 20 heavy (non-hydrogen) atoms. The highest BCUT2D eigenvalue weighted by atomic mass is 32.2. The zero-order valence-electron chi connectivity index (χ0n) is 10.6. The van der Waals surface area contributed by atoms with Crippen LogP contribution in [0, 0.1) is 0 Å². The minimum atomic E-state index is -3.64. The van der Waals surface area contributed by atoms with Crippen molar-refractivity contribution in [1.82, 2.24) is 4.31 Å². The molecule has 1 aromatic carbocycles. The van der Waals surface area contributed by atoms with Gasteiger partial charge in [0.15, 0.2) is 0 Å². The topological polar surface area (TPSA) is 158 Å². The summed E-state index contributed by atoms with van der Waals surface area (Å²) in [6, 6.07) is 3.59. The van der Waals surface area contributed by atoms with Crippen LogP contribution < -0.4 is 5.73 Å². The molecular weight excluding hydrogens is 311 g/mol. The summed E-state index contributed by atoms with van der Waals surface area (Å²) >= 11 is 0. The van der Waals surface area contributed by atoms with Gasteiger partial charge in [-0.1, -0.05) is 0 Å². The van der Waals surface area contributed by atoms with Gasteiger partial charge in [0.05, 0.1) is 10.5 Å². The van der Waals surface area contributed by atoms with Crippen LogP contribution in [0.3, 0.4) is 0 Å². The molecule has 0 spiro atoms. The second-order valence-corrected chi connectivity index (χ2v) is 6.34. The minimum Gasteiger partial charge on any atom is -0.478 e. The van der Waals surface area contributed by atoms with Crippen molar-refractivity contribution in [2.75, 3.05) is 19.8 Å². The van der Waals surface area contributed by atoms with Gasteiger partial charge in [-0.2, -0.15) is 0 Å². The third-order valence-corrected chi connectivity index (χ3v) is 3.84. The van der Waals surface area contributed by atoms with Crippen LogP contribution in [0.2, 0.25) is 0 Å². The lowest BCUT2D eigenvalue weighted by molar-refractivity contribution is 0.0697. The summed E-state index contributed by atoms with van der Waals surface area (Å²) in [6.07, 6.45) is 0. The van der Waals surface area contributed by atoms with Crippen LogP contribution in [0.15, 0.2) is 23.1 Å². The molecule has 0 saturated heterocycles. The number of carbonyl (C=O) groups is 1. The molecule has 0 atom stereocenters. The Labute approximate surface area is 116 Å². The van der Waals surface area contributed by atoms with Gasteiger partial charge in [0.1, 0.15) is 0 Å². The van der Waals surface area contributed by atoms with Crippen molar-refractivity contribution < 1.29 is 32.7 Å². The molecule has 0 saturated carbocycles. The molecule has 0 radical (unpaired) electrons. The summed E-state index contributed by atoms with van der Waals surface area (Å²) in [5, 5.41) is 8.81. The molecular formula is C9H15N2O7PS. The fourth-order valence-electron chi connectivity index (χ4n) is 1.09. The lowest BCUT2D eigenvalue weighted by atomic mass is 10.2. The van der Waals surface area contributed by atoms with E-state index >= 15 is 0 Å². The zero-order valence-corrected chi connectivity index (χ0v) is 12.5. The maximum atomic E-state index is 11.7. The number of benzene rings is 1. The normalized spacial score (nSPS) is 11.1. The Bertz CT molecular complexity index is 611. The quantitative estimate of drug-likeness (QED) is 0.430. The highest BCUT2D eigenvalue weighted by Crippen LogP contribution is 2.19. The Balaban J connectivity index is 0.000000796. The van der Waals surface area contributed by atoms with Gasteiger partial charge in [-0.05, 0) is 18.2 Å². The fourth-order valence-corrected chi connectivity index (χ4v) is 2.02. The van der Waals surface area contributed by atoms with Crippen molar-refractivity contribution >= 4 is 29.9 Å². The van der Waals surface area contributed by atoms with Gasteiger partial charge in [0.2, 0.25) is 10.0 Å². The van der Waals surface area contributed by atoms with E-state index in [1.165, 1.54) is 26.2 Å². The predicted octanol–water partition coefficient (Wildman–Crippen LogP) is -0.422. The van der Waals surface area contributed by atoms with E-state index in [2.05, 4.69) is 0 Å². The molecule has 0 aliphatic heterocycles. The number of nitrogen functional groups attached to an aromatic ring is 1. The number of hydrogen-bond acceptors (Lipinski definition) is 5. The number of aromatic carboxylic acids is 1. The highest BCUT2D eigenvalue weighted by Gasteiger charge is 2.19. The van der Waals surface area contributed by atoms with Crippen LogP contribution in [0.1, 0.15) is 10.4 Å². The largest absolute Gasteiger partial charge is 0.478 e. The lowest BCUT2D eigenvalue weighted by Crippen LogP contribution is -2.22. The third-order valence-electron chi connectivity index (χ3n) is 2.03. The van der Waals surface area contributed by atoms with E-state index in [0.29, 0.717) is 0 Å². The van der Waals surface area contributed by atoms with Crippen LogP contribution in [-0.4, -0.2) is 47.7 Å². The van der Waals surface area contributed by atoms with E-state index in [-0.39, 0.29) is 16.1 Å². The van der Waals surface area contributed by atoms with Crippen molar-refractivity contribution in [3.8, 4) is 0 Å². The van der Waals surface area contributed by atoms with Crippen molar-refractivity contribution in [2.45, 2.75) is 4.90 Å². The Morgan fingerprint density at radius 3 is 2.10 bits per heavy atom. The fraction of sp³-hybridized carbons (Fsp3) is 0.222. The molecule has 0 amide bonds. The molecule has 9 nitrogen and oxygen atoms in total. The van der Waals surface area contributed by atoms with Crippen LogP contribution >= 0.6 is 8.25 Å². The summed E-state index contributed by atoms with van der Waals surface area (Å²) in [5.74, 6) is -1.26. The number of anilines is 1. The minimum absolute atomic E-state index is 0.0326. The Hall–Kier alpha value is -1.45. The maximum Gasteiger partial charge on any atom is 0.337 e. The van der Waals surface area contributed by atoms with E-state index in [4.69, 9.17) is 25.2 Å². The van der Waals surface area contributed by atoms with Crippen molar-refractivity contribution in [3.63, 3.8) is 0 Å². The molecule has 0 unspecified atom stereocenters. The van der Waals surface area contributed by atoms with Gasteiger partial charge in [-0.3, -0.25) is 4.57 Å². The van der Waals surface area contributed by atoms with Crippen LogP contribution in [0.25, 0.3) is 0 Å². The molecule has 0 heterocycles. The van der Waals surface area contributed by atoms with Crippen molar-refractivity contribution in [2.24, 2.45) is 0 Å². The van der Waals surface area contributed by atoms with Gasteiger partial charge in [0.25, 0.3) is 0 Å². The first-order valence-corrected chi connectivity index (χ1v) is 7.71. The van der Waals surface area contributed by atoms with Crippen LogP contribution in [0.5, 0.6) is 0 Å². The number of sulfonamides is 1. The number of nitrogens with two attached hydrogens (primary N) is 1. The van der Waals surface area contributed by atoms with Crippen LogP contribution in [-0.2, 0) is 14.6 Å². The molecule has 1 aromatic rings. The van der Waals surface area contributed by atoms with Gasteiger partial charge in [-0.25, -0.2) is 17.5 Å². The molecule has 0 bridgehead atoms. The van der Waals surface area contributed by atoms with Crippen molar-refractivity contribution in [3.05, 3.63) is 23.8 Å². The Morgan fingerprint density at radius 1 is 1.30 bits per heavy atom. The highest BCUT2D eigenvalue weighted by molar-refractivity contribution is 7.89. The maximum absolute atomic E-state index is 11.7. The van der Waals surface area contributed by atoms with Gasteiger partial charge in [0, 0.05) is 19.8 Å². The predicted molar refractivity (Wildman–Crippen MR) is 72.1 cm³/mol. The molecule has 0 aliphatic carbocycles. The number of rotatable bonds is 3. The number of carboxylic acids is 1. The third kappa shape index (κ3) is 5.27. The monoisotopic (exact) mass is 326 g/mol.